The lowest BCUT2D eigenvalue weighted by Crippen LogP contribution is -2.00. The summed E-state index contributed by atoms with van der Waals surface area (Å²) in [6, 6.07) is 11.9. The van der Waals surface area contributed by atoms with Crippen LogP contribution < -0.4 is 0 Å². The Bertz CT molecular complexity index is 570. The van der Waals surface area contributed by atoms with Crippen LogP contribution in [0, 0.1) is 0 Å². The second kappa shape index (κ2) is 4.83. The zero-order valence-electron chi connectivity index (χ0n) is 9.52. The maximum atomic E-state index is 10.8. The minimum atomic E-state index is -0.798. The van der Waals surface area contributed by atoms with Crippen molar-refractivity contribution in [3.05, 3.63) is 60.2 Å². The number of benzene rings is 2. The quantitative estimate of drug-likeness (QED) is 0.813. The lowest BCUT2D eigenvalue weighted by Gasteiger charge is -2.06. The van der Waals surface area contributed by atoms with Gasteiger partial charge in [0.05, 0.1) is 6.42 Å². The first-order chi connectivity index (χ1) is 8.20. The van der Waals surface area contributed by atoms with Crippen molar-refractivity contribution in [3.63, 3.8) is 0 Å². The van der Waals surface area contributed by atoms with Gasteiger partial charge in [-0.2, -0.15) is 0 Å². The summed E-state index contributed by atoms with van der Waals surface area (Å²) in [5.41, 5.74) is 2.06. The van der Waals surface area contributed by atoms with Crippen molar-refractivity contribution >= 4 is 16.7 Å². The molecule has 0 radical (unpaired) electrons. The molecule has 2 aromatic carbocycles. The zero-order valence-corrected chi connectivity index (χ0v) is 9.52. The second-order valence-electron chi connectivity index (χ2n) is 4.04. The highest BCUT2D eigenvalue weighted by atomic mass is 16.4. The van der Waals surface area contributed by atoms with Gasteiger partial charge in [0.2, 0.25) is 0 Å². The molecule has 0 unspecified atom stereocenters. The number of hydrogen-bond acceptors (Lipinski definition) is 1. The summed E-state index contributed by atoms with van der Waals surface area (Å²) in [6.07, 6.45) is 2.76. The van der Waals surface area contributed by atoms with Crippen molar-refractivity contribution in [2.75, 3.05) is 0 Å². The molecule has 0 heterocycles. The van der Waals surface area contributed by atoms with Gasteiger partial charge in [0, 0.05) is 0 Å². The van der Waals surface area contributed by atoms with Crippen LogP contribution in [-0.4, -0.2) is 11.1 Å². The molecule has 2 nitrogen and oxygen atoms in total. The first-order valence-corrected chi connectivity index (χ1v) is 5.54. The van der Waals surface area contributed by atoms with Crippen molar-refractivity contribution in [1.82, 2.24) is 0 Å². The van der Waals surface area contributed by atoms with Crippen LogP contribution in [0.3, 0.4) is 0 Å². The van der Waals surface area contributed by atoms with Gasteiger partial charge in [-0.3, -0.25) is 4.79 Å². The van der Waals surface area contributed by atoms with Crippen LogP contribution in [0.5, 0.6) is 0 Å². The van der Waals surface area contributed by atoms with E-state index in [-0.39, 0.29) is 6.42 Å². The van der Waals surface area contributed by atoms with Gasteiger partial charge in [-0.25, -0.2) is 0 Å². The van der Waals surface area contributed by atoms with Gasteiger partial charge in [0.15, 0.2) is 0 Å². The maximum absolute atomic E-state index is 10.8. The molecule has 0 aliphatic carbocycles. The number of carboxylic acids is 1. The number of hydrogen-bond donors (Lipinski definition) is 1. The normalized spacial score (nSPS) is 10.4. The van der Waals surface area contributed by atoms with Gasteiger partial charge < -0.3 is 5.11 Å². The van der Waals surface area contributed by atoms with E-state index in [0.717, 1.165) is 22.8 Å². The third-order valence-corrected chi connectivity index (χ3v) is 2.76. The summed E-state index contributed by atoms with van der Waals surface area (Å²) < 4.78 is 0. The topological polar surface area (TPSA) is 37.3 Å². The highest BCUT2D eigenvalue weighted by Gasteiger charge is 2.05. The smallest absolute Gasteiger partial charge is 0.307 e. The Labute approximate surface area is 100 Å². The first kappa shape index (κ1) is 11.4. The van der Waals surface area contributed by atoms with Crippen molar-refractivity contribution in [1.29, 1.82) is 0 Å². The lowest BCUT2D eigenvalue weighted by molar-refractivity contribution is -0.136. The molecule has 0 spiro atoms. The molecule has 0 amide bonds. The molecule has 0 aliphatic rings. The van der Waals surface area contributed by atoms with Gasteiger partial charge in [0.25, 0.3) is 0 Å². The van der Waals surface area contributed by atoms with Crippen LogP contribution in [0.25, 0.3) is 10.8 Å². The maximum Gasteiger partial charge on any atom is 0.307 e. The minimum absolute atomic E-state index is 0.0676. The van der Waals surface area contributed by atoms with Crippen LogP contribution in [0.15, 0.2) is 49.1 Å². The fraction of sp³-hybridized carbons (Fsp3) is 0.133. The molecule has 0 saturated heterocycles. The molecule has 0 fully saturated rings. The highest BCUT2D eigenvalue weighted by molar-refractivity contribution is 5.89. The summed E-state index contributed by atoms with van der Waals surface area (Å²) in [5, 5.41) is 11.0. The largest absolute Gasteiger partial charge is 0.481 e. The molecule has 0 aliphatic heterocycles. The highest BCUT2D eigenvalue weighted by Crippen LogP contribution is 2.21. The minimum Gasteiger partial charge on any atom is -0.481 e. The fourth-order valence-corrected chi connectivity index (χ4v) is 2.01. The Kier molecular flexibility index (Phi) is 3.24. The second-order valence-corrected chi connectivity index (χ2v) is 4.04. The number of rotatable bonds is 4. The van der Waals surface area contributed by atoms with Gasteiger partial charge in [-0.15, -0.1) is 6.58 Å². The standard InChI is InChI=1S/C15H14O2/c1-2-4-11-7-8-14-12(9-11)5-3-6-13(14)10-15(16)17/h2-3,5-9H,1,4,10H2,(H,16,17). The van der Waals surface area contributed by atoms with E-state index >= 15 is 0 Å². The van der Waals surface area contributed by atoms with Crippen molar-refractivity contribution < 1.29 is 9.90 Å². The Hall–Kier alpha value is -2.09. The average molecular weight is 226 g/mol. The Morgan fingerprint density at radius 3 is 2.82 bits per heavy atom. The molecule has 0 bridgehead atoms. The van der Waals surface area contributed by atoms with Crippen LogP contribution in [0.2, 0.25) is 0 Å². The van der Waals surface area contributed by atoms with Crippen molar-refractivity contribution in [3.8, 4) is 0 Å². The van der Waals surface area contributed by atoms with Crippen LogP contribution >= 0.6 is 0 Å². The third kappa shape index (κ3) is 2.53. The summed E-state index contributed by atoms with van der Waals surface area (Å²) in [7, 11) is 0. The monoisotopic (exact) mass is 226 g/mol. The van der Waals surface area contributed by atoms with Gasteiger partial charge in [0.1, 0.15) is 0 Å². The van der Waals surface area contributed by atoms with E-state index in [2.05, 4.69) is 12.6 Å². The van der Waals surface area contributed by atoms with Crippen LogP contribution in [-0.2, 0) is 17.6 Å². The number of carboxylic acid groups (broad SMARTS) is 1. The molecule has 86 valence electrons. The van der Waals surface area contributed by atoms with E-state index in [1.54, 1.807) is 0 Å². The Morgan fingerprint density at radius 2 is 2.12 bits per heavy atom. The molecule has 0 saturated carbocycles. The Morgan fingerprint density at radius 1 is 1.29 bits per heavy atom. The molecular weight excluding hydrogens is 212 g/mol. The molecule has 2 aromatic rings. The van der Waals surface area contributed by atoms with E-state index in [0.29, 0.717) is 0 Å². The van der Waals surface area contributed by atoms with Crippen LogP contribution in [0.4, 0.5) is 0 Å². The first-order valence-electron chi connectivity index (χ1n) is 5.54. The van der Waals surface area contributed by atoms with Gasteiger partial charge in [-0.05, 0) is 28.3 Å². The molecule has 17 heavy (non-hydrogen) atoms. The predicted molar refractivity (Wildman–Crippen MR) is 69.2 cm³/mol. The van der Waals surface area contributed by atoms with E-state index < -0.39 is 5.97 Å². The summed E-state index contributed by atoms with van der Waals surface area (Å²) >= 11 is 0. The molecule has 1 N–H and O–H groups in total. The molecule has 0 aromatic heterocycles. The van der Waals surface area contributed by atoms with E-state index in [1.807, 2.05) is 36.4 Å². The molecular formula is C15H14O2. The predicted octanol–water partition coefficient (Wildman–Crippen LogP) is 3.20. The zero-order chi connectivity index (χ0) is 12.3. The lowest BCUT2D eigenvalue weighted by atomic mass is 9.99. The number of aliphatic carboxylic acids is 1. The van der Waals surface area contributed by atoms with Crippen molar-refractivity contribution in [2.45, 2.75) is 12.8 Å². The number of carbonyl (C=O) groups is 1. The molecule has 2 rings (SSSR count). The number of fused-ring (bicyclic) bond motifs is 1. The molecule has 0 atom stereocenters. The SMILES string of the molecule is C=CCc1ccc2c(CC(=O)O)cccc2c1. The van der Waals surface area contributed by atoms with Crippen molar-refractivity contribution in [2.24, 2.45) is 0 Å². The van der Waals surface area contributed by atoms with E-state index in [1.165, 1.54) is 5.56 Å². The van der Waals surface area contributed by atoms with Gasteiger partial charge in [-0.1, -0.05) is 42.5 Å². The number of allylic oxidation sites excluding steroid dienone is 1. The summed E-state index contributed by atoms with van der Waals surface area (Å²) in [4.78, 5) is 10.8. The van der Waals surface area contributed by atoms with E-state index in [4.69, 9.17) is 5.11 Å². The summed E-state index contributed by atoms with van der Waals surface area (Å²) in [6.45, 7) is 3.72. The summed E-state index contributed by atoms with van der Waals surface area (Å²) in [5.74, 6) is -0.798. The fourth-order valence-electron chi connectivity index (χ4n) is 2.01. The molecule has 2 heteroatoms. The third-order valence-electron chi connectivity index (χ3n) is 2.76. The van der Waals surface area contributed by atoms with E-state index in [9.17, 15) is 4.79 Å². The Balaban J connectivity index is 2.50. The van der Waals surface area contributed by atoms with Crippen LogP contribution in [0.1, 0.15) is 11.1 Å². The average Bonchev–Trinajstić information content (AvgIpc) is 2.29. The van der Waals surface area contributed by atoms with Gasteiger partial charge >= 0.3 is 5.97 Å².